The highest BCUT2D eigenvalue weighted by Crippen LogP contribution is 2.30. The van der Waals surface area contributed by atoms with Crippen LogP contribution in [0.3, 0.4) is 0 Å². The zero-order valence-electron chi connectivity index (χ0n) is 11.2. The van der Waals surface area contributed by atoms with Crippen LogP contribution in [0.4, 0.5) is 0 Å². The highest BCUT2D eigenvalue weighted by molar-refractivity contribution is 9.10. The van der Waals surface area contributed by atoms with Crippen LogP contribution in [0, 0.1) is 0 Å². The van der Waals surface area contributed by atoms with E-state index in [1.165, 1.54) is 0 Å². The van der Waals surface area contributed by atoms with Gasteiger partial charge < -0.3 is 5.32 Å². The number of nitrogens with one attached hydrogen (secondary N) is 1. The molecule has 6 heteroatoms. The van der Waals surface area contributed by atoms with Gasteiger partial charge in [-0.2, -0.15) is 0 Å². The van der Waals surface area contributed by atoms with Crippen molar-refractivity contribution in [1.29, 1.82) is 0 Å². The Hall–Kier alpha value is -1.79. The van der Waals surface area contributed by atoms with Crippen LogP contribution in [0.1, 0.15) is 17.3 Å². The lowest BCUT2D eigenvalue weighted by molar-refractivity contribution is 0.599. The van der Waals surface area contributed by atoms with E-state index < -0.39 is 0 Å². The molecule has 0 amide bonds. The molecule has 0 bridgehead atoms. The van der Waals surface area contributed by atoms with E-state index in [-0.39, 0.29) is 6.04 Å². The van der Waals surface area contributed by atoms with E-state index in [1.54, 1.807) is 4.68 Å². The van der Waals surface area contributed by atoms with Crippen molar-refractivity contribution in [2.75, 3.05) is 7.05 Å². The number of pyridine rings is 1. The number of benzene rings is 1. The Morgan fingerprint density at radius 2 is 2.05 bits per heavy atom. The minimum atomic E-state index is -0.00252. The molecule has 1 aromatic carbocycles. The van der Waals surface area contributed by atoms with Gasteiger partial charge in [-0.25, -0.2) is 4.68 Å². The van der Waals surface area contributed by atoms with Gasteiger partial charge in [0.25, 0.3) is 0 Å². The first kappa shape index (κ1) is 13.2. The number of hydrogen-bond acceptors (Lipinski definition) is 4. The molecule has 1 N–H and O–H groups in total. The minimum absolute atomic E-state index is 0.00252. The van der Waals surface area contributed by atoms with Crippen molar-refractivity contribution in [3.8, 4) is 0 Å². The van der Waals surface area contributed by atoms with Gasteiger partial charge >= 0.3 is 0 Å². The van der Waals surface area contributed by atoms with E-state index in [0.717, 1.165) is 26.8 Å². The number of para-hydroxylation sites is 1. The van der Waals surface area contributed by atoms with Crippen molar-refractivity contribution in [2.24, 2.45) is 7.05 Å². The smallest absolute Gasteiger partial charge is 0.153 e. The first-order valence-electron chi connectivity index (χ1n) is 6.28. The summed E-state index contributed by atoms with van der Waals surface area (Å²) < 4.78 is 2.53. The molecule has 0 aliphatic rings. The maximum atomic E-state index is 4.41. The predicted molar refractivity (Wildman–Crippen MR) is 81.3 cm³/mol. The van der Waals surface area contributed by atoms with E-state index in [4.69, 9.17) is 0 Å². The molecule has 3 rings (SSSR count). The summed E-state index contributed by atoms with van der Waals surface area (Å²) in [6.45, 7) is 0. The first-order valence-corrected chi connectivity index (χ1v) is 7.07. The Kier molecular flexibility index (Phi) is 3.50. The average Bonchev–Trinajstić information content (AvgIpc) is 2.81. The van der Waals surface area contributed by atoms with E-state index in [9.17, 15) is 0 Å². The maximum Gasteiger partial charge on any atom is 0.153 e. The van der Waals surface area contributed by atoms with Crippen molar-refractivity contribution in [3.63, 3.8) is 0 Å². The quantitative estimate of drug-likeness (QED) is 0.800. The lowest BCUT2D eigenvalue weighted by Gasteiger charge is -2.18. The van der Waals surface area contributed by atoms with Gasteiger partial charge in [-0.05, 0) is 40.7 Å². The Balaban J connectivity index is 2.22. The van der Waals surface area contributed by atoms with Crippen molar-refractivity contribution in [2.45, 2.75) is 6.04 Å². The van der Waals surface area contributed by atoms with Crippen LogP contribution in [0.25, 0.3) is 10.9 Å². The number of nitrogens with zero attached hydrogens (tertiary/aromatic N) is 4. The standard InChI is InChI=1S/C14H14BrN5/c1-16-12(13-14(15)18-19-20(13)2)10-7-8-17-11-6-4-3-5-9(10)11/h3-8,12,16H,1-2H3. The highest BCUT2D eigenvalue weighted by atomic mass is 79.9. The summed E-state index contributed by atoms with van der Waals surface area (Å²) in [5, 5.41) is 12.6. The first-order chi connectivity index (χ1) is 9.72. The second kappa shape index (κ2) is 5.30. The molecule has 3 aromatic rings. The fraction of sp³-hybridized carbons (Fsp3) is 0.214. The molecule has 2 aromatic heterocycles. The molecule has 1 atom stereocenters. The normalized spacial score (nSPS) is 12.8. The Labute approximate surface area is 125 Å². The van der Waals surface area contributed by atoms with Crippen LogP contribution in [-0.2, 0) is 7.05 Å². The highest BCUT2D eigenvalue weighted by Gasteiger charge is 2.22. The molecule has 0 fully saturated rings. The Bertz CT molecular complexity index is 727. The maximum absolute atomic E-state index is 4.41. The van der Waals surface area contributed by atoms with E-state index in [1.807, 2.05) is 44.6 Å². The summed E-state index contributed by atoms with van der Waals surface area (Å²) in [6, 6.07) is 10.1. The topological polar surface area (TPSA) is 55.6 Å². The molecule has 0 aliphatic carbocycles. The summed E-state index contributed by atoms with van der Waals surface area (Å²) >= 11 is 3.47. The van der Waals surface area contributed by atoms with Crippen molar-refractivity contribution in [3.05, 3.63) is 52.4 Å². The van der Waals surface area contributed by atoms with Gasteiger partial charge in [-0.3, -0.25) is 4.98 Å². The number of aromatic nitrogens is 4. The van der Waals surface area contributed by atoms with Gasteiger partial charge in [-0.15, -0.1) is 5.10 Å². The van der Waals surface area contributed by atoms with Crippen LogP contribution in [0.15, 0.2) is 41.1 Å². The fourth-order valence-corrected chi connectivity index (χ4v) is 3.01. The van der Waals surface area contributed by atoms with E-state index >= 15 is 0 Å². The van der Waals surface area contributed by atoms with Gasteiger partial charge in [0.15, 0.2) is 4.60 Å². The molecule has 0 saturated heterocycles. The largest absolute Gasteiger partial charge is 0.308 e. The molecule has 2 heterocycles. The monoisotopic (exact) mass is 331 g/mol. The summed E-state index contributed by atoms with van der Waals surface area (Å²) in [4.78, 5) is 4.41. The SMILES string of the molecule is CNC(c1ccnc2ccccc12)c1c(Br)nnn1C. The van der Waals surface area contributed by atoms with E-state index in [0.29, 0.717) is 0 Å². The van der Waals surface area contributed by atoms with Gasteiger partial charge in [0.1, 0.15) is 0 Å². The third-order valence-electron chi connectivity index (χ3n) is 3.38. The lowest BCUT2D eigenvalue weighted by atomic mass is 10.00. The van der Waals surface area contributed by atoms with Crippen LogP contribution < -0.4 is 5.32 Å². The van der Waals surface area contributed by atoms with Gasteiger partial charge in [0.05, 0.1) is 17.3 Å². The van der Waals surface area contributed by atoms with Gasteiger partial charge in [0, 0.05) is 18.6 Å². The molecule has 0 saturated carbocycles. The molecule has 0 spiro atoms. The number of hydrogen-bond donors (Lipinski definition) is 1. The number of aryl methyl sites for hydroxylation is 1. The van der Waals surface area contributed by atoms with Gasteiger partial charge in [0.2, 0.25) is 0 Å². The number of rotatable bonds is 3. The third kappa shape index (κ3) is 2.10. The summed E-state index contributed by atoms with van der Waals surface area (Å²) in [5.74, 6) is 0. The molecule has 5 nitrogen and oxygen atoms in total. The Morgan fingerprint density at radius 3 is 2.75 bits per heavy atom. The van der Waals surface area contributed by atoms with E-state index in [2.05, 4.69) is 42.6 Å². The number of fused-ring (bicyclic) bond motifs is 1. The summed E-state index contributed by atoms with van der Waals surface area (Å²) in [6.07, 6.45) is 1.83. The molecule has 0 radical (unpaired) electrons. The molecule has 1 unspecified atom stereocenters. The third-order valence-corrected chi connectivity index (χ3v) is 3.95. The zero-order chi connectivity index (χ0) is 14.1. The predicted octanol–water partition coefficient (Wildman–Crippen LogP) is 2.43. The number of halogens is 1. The summed E-state index contributed by atoms with van der Waals surface area (Å²) in [7, 11) is 3.82. The van der Waals surface area contributed by atoms with Crippen molar-refractivity contribution < 1.29 is 0 Å². The Morgan fingerprint density at radius 1 is 1.25 bits per heavy atom. The van der Waals surface area contributed by atoms with Crippen LogP contribution >= 0.6 is 15.9 Å². The molecular formula is C14H14BrN5. The van der Waals surface area contributed by atoms with Gasteiger partial charge in [-0.1, -0.05) is 23.4 Å². The summed E-state index contributed by atoms with van der Waals surface area (Å²) in [5.41, 5.74) is 3.13. The second-order valence-corrected chi connectivity index (χ2v) is 5.28. The molecule has 0 aliphatic heterocycles. The van der Waals surface area contributed by atoms with Crippen molar-refractivity contribution >= 4 is 26.8 Å². The molecule has 102 valence electrons. The van der Waals surface area contributed by atoms with Crippen LogP contribution in [-0.4, -0.2) is 27.0 Å². The minimum Gasteiger partial charge on any atom is -0.308 e. The fourth-order valence-electron chi connectivity index (χ4n) is 2.45. The average molecular weight is 332 g/mol. The molecule has 20 heavy (non-hydrogen) atoms. The molecular weight excluding hydrogens is 318 g/mol. The second-order valence-electron chi connectivity index (χ2n) is 4.53. The van der Waals surface area contributed by atoms with Crippen molar-refractivity contribution in [1.82, 2.24) is 25.3 Å². The lowest BCUT2D eigenvalue weighted by Crippen LogP contribution is -2.21. The van der Waals surface area contributed by atoms with Crippen LogP contribution in [0.2, 0.25) is 0 Å². The zero-order valence-corrected chi connectivity index (χ0v) is 12.8. The van der Waals surface area contributed by atoms with Crippen LogP contribution in [0.5, 0.6) is 0 Å².